The van der Waals surface area contributed by atoms with E-state index in [4.69, 9.17) is 4.74 Å². The molecule has 2 aromatic rings. The molecule has 0 saturated carbocycles. The Labute approximate surface area is 158 Å². The largest absolute Gasteiger partial charge is 0.378 e. The van der Waals surface area contributed by atoms with Gasteiger partial charge in [-0.3, -0.25) is 14.4 Å². The summed E-state index contributed by atoms with van der Waals surface area (Å²) in [5.41, 5.74) is -0.00930. The van der Waals surface area contributed by atoms with Crippen LogP contribution in [0.4, 0.5) is 5.69 Å². The molecule has 0 atom stereocenters. The molecule has 1 aliphatic heterocycles. The number of carbonyl (C=O) groups is 2. The number of aromatic nitrogens is 5. The second kappa shape index (κ2) is 8.31. The third kappa shape index (κ3) is 4.52. The van der Waals surface area contributed by atoms with Gasteiger partial charge in [0, 0.05) is 33.4 Å². The van der Waals surface area contributed by atoms with Crippen LogP contribution in [0.15, 0.2) is 22.2 Å². The predicted octanol–water partition coefficient (Wildman–Crippen LogP) is -0.888. The van der Waals surface area contributed by atoms with E-state index in [0.29, 0.717) is 37.0 Å². The van der Waals surface area contributed by atoms with Gasteiger partial charge in [0.05, 0.1) is 24.5 Å². The van der Waals surface area contributed by atoms with Crippen molar-refractivity contribution in [2.24, 2.45) is 14.1 Å². The van der Waals surface area contributed by atoms with Crippen LogP contribution < -0.4 is 10.9 Å². The quantitative estimate of drug-likeness (QED) is 0.649. The first kappa shape index (κ1) is 19.0. The Balaban J connectivity index is 1.71. The molecule has 1 N–H and O–H groups in total. The topological polar surface area (TPSA) is 124 Å². The van der Waals surface area contributed by atoms with Crippen molar-refractivity contribution >= 4 is 29.3 Å². The maximum Gasteiger partial charge on any atom is 0.274 e. The molecule has 1 fully saturated rings. The number of carbonyl (C=O) groups excluding carboxylic acids is 2. The highest BCUT2D eigenvalue weighted by Gasteiger charge is 2.21. The molecule has 11 nitrogen and oxygen atoms in total. The minimum Gasteiger partial charge on any atom is -0.378 e. The van der Waals surface area contributed by atoms with E-state index in [-0.39, 0.29) is 17.3 Å². The van der Waals surface area contributed by atoms with Crippen molar-refractivity contribution in [3.05, 3.63) is 28.2 Å². The first-order valence-electron chi connectivity index (χ1n) is 8.18. The maximum atomic E-state index is 12.6. The van der Waals surface area contributed by atoms with Gasteiger partial charge in [0.15, 0.2) is 0 Å². The molecule has 1 saturated heterocycles. The lowest BCUT2D eigenvalue weighted by Gasteiger charge is -2.27. The van der Waals surface area contributed by atoms with Crippen LogP contribution >= 0.6 is 11.8 Å². The van der Waals surface area contributed by atoms with Gasteiger partial charge in [-0.2, -0.15) is 0 Å². The van der Waals surface area contributed by atoms with E-state index in [1.165, 1.54) is 28.6 Å². The van der Waals surface area contributed by atoms with Crippen LogP contribution in [0.2, 0.25) is 0 Å². The van der Waals surface area contributed by atoms with Crippen LogP contribution in [-0.4, -0.2) is 73.5 Å². The molecule has 0 aromatic carbocycles. The summed E-state index contributed by atoms with van der Waals surface area (Å²) in [5, 5.41) is 14.0. The number of ether oxygens (including phenoxy) is 1. The molecule has 0 aliphatic carbocycles. The Kier molecular flexibility index (Phi) is 5.86. The number of tetrazole rings is 1. The molecule has 2 aromatic heterocycles. The third-order valence-corrected chi connectivity index (χ3v) is 4.93. The van der Waals surface area contributed by atoms with Gasteiger partial charge in [-0.1, -0.05) is 11.8 Å². The monoisotopic (exact) mass is 393 g/mol. The zero-order valence-electron chi connectivity index (χ0n) is 14.9. The predicted molar refractivity (Wildman–Crippen MR) is 96.6 cm³/mol. The van der Waals surface area contributed by atoms with Gasteiger partial charge in [-0.15, -0.1) is 5.10 Å². The molecular weight excluding hydrogens is 374 g/mol. The smallest absolute Gasteiger partial charge is 0.274 e. The second-order valence-corrected chi connectivity index (χ2v) is 6.83. The molecule has 12 heteroatoms. The number of aryl methyl sites for hydroxylation is 2. The van der Waals surface area contributed by atoms with Crippen LogP contribution in [0.5, 0.6) is 0 Å². The van der Waals surface area contributed by atoms with Gasteiger partial charge in [0.2, 0.25) is 11.1 Å². The standard InChI is InChI=1S/C15H19N7O4S/c1-20-8-10(13(24)22-3-5-26-6-4-22)7-11(14(20)25)16-12(23)9-27-15-17-18-19-21(15)2/h7-8H,3-6,9H2,1-2H3,(H,16,23). The number of hydrogen-bond donors (Lipinski definition) is 1. The van der Waals surface area contributed by atoms with E-state index in [9.17, 15) is 14.4 Å². The van der Waals surface area contributed by atoms with Crippen molar-refractivity contribution in [1.82, 2.24) is 29.7 Å². The molecule has 3 rings (SSSR count). The normalized spacial score (nSPS) is 14.2. The lowest BCUT2D eigenvalue weighted by molar-refractivity contribution is -0.113. The molecule has 144 valence electrons. The molecule has 27 heavy (non-hydrogen) atoms. The van der Waals surface area contributed by atoms with Crippen LogP contribution in [-0.2, 0) is 23.6 Å². The summed E-state index contributed by atoms with van der Waals surface area (Å²) in [5.74, 6) is -0.570. The molecule has 0 bridgehead atoms. The summed E-state index contributed by atoms with van der Waals surface area (Å²) < 4.78 is 7.97. The first-order chi connectivity index (χ1) is 13.0. The van der Waals surface area contributed by atoms with Crippen molar-refractivity contribution in [3.8, 4) is 0 Å². The number of anilines is 1. The summed E-state index contributed by atoms with van der Waals surface area (Å²) in [6, 6.07) is 1.41. The lowest BCUT2D eigenvalue weighted by Crippen LogP contribution is -2.41. The molecule has 0 radical (unpaired) electrons. The average molecular weight is 393 g/mol. The van der Waals surface area contributed by atoms with Gasteiger partial charge >= 0.3 is 0 Å². The maximum absolute atomic E-state index is 12.6. The number of pyridine rings is 1. The molecule has 0 spiro atoms. The Bertz CT molecular complexity index is 904. The van der Waals surface area contributed by atoms with Crippen molar-refractivity contribution in [2.75, 3.05) is 37.4 Å². The zero-order valence-corrected chi connectivity index (χ0v) is 15.7. The van der Waals surface area contributed by atoms with E-state index < -0.39 is 11.5 Å². The van der Waals surface area contributed by atoms with Gasteiger partial charge < -0.3 is 19.5 Å². The third-order valence-electron chi connectivity index (χ3n) is 3.92. The van der Waals surface area contributed by atoms with E-state index in [1.807, 2.05) is 0 Å². The summed E-state index contributed by atoms with van der Waals surface area (Å²) in [6.45, 7) is 1.95. The molecule has 0 unspecified atom stereocenters. The summed E-state index contributed by atoms with van der Waals surface area (Å²) in [6.07, 6.45) is 1.47. The number of rotatable bonds is 5. The highest BCUT2D eigenvalue weighted by Crippen LogP contribution is 2.14. The fourth-order valence-corrected chi connectivity index (χ4v) is 3.18. The molecule has 1 aliphatic rings. The van der Waals surface area contributed by atoms with Gasteiger partial charge in [0.25, 0.3) is 11.5 Å². The summed E-state index contributed by atoms with van der Waals surface area (Å²) in [4.78, 5) is 38.8. The minimum absolute atomic E-state index is 0.0268. The van der Waals surface area contributed by atoms with Gasteiger partial charge in [-0.25, -0.2) is 4.68 Å². The number of amides is 2. The fraction of sp³-hybridized carbons (Fsp3) is 0.467. The van der Waals surface area contributed by atoms with E-state index in [2.05, 4.69) is 20.8 Å². The number of nitrogens with one attached hydrogen (secondary N) is 1. The Morgan fingerprint density at radius 1 is 1.30 bits per heavy atom. The van der Waals surface area contributed by atoms with Crippen LogP contribution in [0.3, 0.4) is 0 Å². The Hall–Kier alpha value is -2.73. The number of morpholine rings is 1. The average Bonchev–Trinajstić information content (AvgIpc) is 3.08. The fourth-order valence-electron chi connectivity index (χ4n) is 2.53. The number of nitrogens with zero attached hydrogens (tertiary/aromatic N) is 6. The zero-order chi connectivity index (χ0) is 19.4. The highest BCUT2D eigenvalue weighted by molar-refractivity contribution is 7.99. The van der Waals surface area contributed by atoms with E-state index >= 15 is 0 Å². The lowest BCUT2D eigenvalue weighted by atomic mass is 10.2. The minimum atomic E-state index is -0.396. The van der Waals surface area contributed by atoms with Crippen molar-refractivity contribution in [2.45, 2.75) is 5.16 Å². The van der Waals surface area contributed by atoms with Gasteiger partial charge in [-0.05, 0) is 16.5 Å². The van der Waals surface area contributed by atoms with Gasteiger partial charge in [0.1, 0.15) is 5.69 Å². The van der Waals surface area contributed by atoms with Crippen molar-refractivity contribution in [3.63, 3.8) is 0 Å². The number of hydrogen-bond acceptors (Lipinski definition) is 8. The molecule has 2 amide bonds. The van der Waals surface area contributed by atoms with Crippen molar-refractivity contribution < 1.29 is 14.3 Å². The van der Waals surface area contributed by atoms with E-state index in [1.54, 1.807) is 11.9 Å². The Morgan fingerprint density at radius 2 is 2.04 bits per heavy atom. The second-order valence-electron chi connectivity index (χ2n) is 5.89. The van der Waals surface area contributed by atoms with Crippen LogP contribution in [0.25, 0.3) is 0 Å². The summed E-state index contributed by atoms with van der Waals surface area (Å²) in [7, 11) is 3.20. The number of thioether (sulfide) groups is 1. The molecular formula is C15H19N7O4S. The first-order valence-corrected chi connectivity index (χ1v) is 9.17. The Morgan fingerprint density at radius 3 is 2.70 bits per heavy atom. The van der Waals surface area contributed by atoms with Crippen LogP contribution in [0, 0.1) is 0 Å². The molecule has 3 heterocycles. The van der Waals surface area contributed by atoms with Crippen LogP contribution in [0.1, 0.15) is 10.4 Å². The SMILES string of the molecule is Cn1nnnc1SCC(=O)Nc1cc(C(=O)N2CCOCC2)cn(C)c1=O. The summed E-state index contributed by atoms with van der Waals surface area (Å²) >= 11 is 1.14. The van der Waals surface area contributed by atoms with Crippen molar-refractivity contribution in [1.29, 1.82) is 0 Å². The van der Waals surface area contributed by atoms with E-state index in [0.717, 1.165) is 11.8 Å². The highest BCUT2D eigenvalue weighted by atomic mass is 32.2.